The van der Waals surface area contributed by atoms with Gasteiger partial charge in [0.2, 0.25) is 0 Å². The predicted octanol–water partition coefficient (Wildman–Crippen LogP) is 5.49. The Morgan fingerprint density at radius 3 is 1.69 bits per heavy atom. The number of aromatic nitrogens is 1. The number of phenols is 2. The molecule has 3 aromatic carbocycles. The van der Waals surface area contributed by atoms with Gasteiger partial charge in [-0.25, -0.2) is 4.98 Å². The summed E-state index contributed by atoms with van der Waals surface area (Å²) in [6.07, 6.45) is 0. The van der Waals surface area contributed by atoms with E-state index in [9.17, 15) is 10.2 Å². The average Bonchev–Trinajstić information content (AvgIpc) is 2.69. The number of phenolic OH excluding ortho intramolecular Hbond substituents is 2. The summed E-state index contributed by atoms with van der Waals surface area (Å²) in [6.45, 7) is 0. The number of nitrogens with zero attached hydrogens (tertiary/aromatic N) is 1. The van der Waals surface area contributed by atoms with Crippen molar-refractivity contribution in [2.24, 2.45) is 0 Å². The molecule has 0 radical (unpaired) electrons. The number of aromatic hydroxyl groups is 2. The summed E-state index contributed by atoms with van der Waals surface area (Å²) in [5.74, 6) is 0.457. The Balaban J connectivity index is 1.90. The van der Waals surface area contributed by atoms with Crippen molar-refractivity contribution in [3.8, 4) is 45.1 Å². The van der Waals surface area contributed by atoms with Crippen LogP contribution in [-0.4, -0.2) is 15.2 Å². The second-order valence-electron chi connectivity index (χ2n) is 6.05. The van der Waals surface area contributed by atoms with Gasteiger partial charge in [0.05, 0.1) is 11.4 Å². The van der Waals surface area contributed by atoms with E-state index in [4.69, 9.17) is 4.98 Å². The smallest absolute Gasteiger partial charge is 0.115 e. The lowest BCUT2D eigenvalue weighted by atomic mass is 9.98. The molecule has 0 saturated carbocycles. The molecule has 126 valence electrons. The average molecular weight is 339 g/mol. The summed E-state index contributed by atoms with van der Waals surface area (Å²) in [5, 5.41) is 19.1. The second kappa shape index (κ2) is 6.73. The summed E-state index contributed by atoms with van der Waals surface area (Å²) in [6, 6.07) is 28.2. The highest BCUT2D eigenvalue weighted by atomic mass is 16.3. The van der Waals surface area contributed by atoms with Crippen LogP contribution in [0.2, 0.25) is 0 Å². The summed E-state index contributed by atoms with van der Waals surface area (Å²) < 4.78 is 0. The van der Waals surface area contributed by atoms with Crippen molar-refractivity contribution in [3.05, 3.63) is 91.0 Å². The van der Waals surface area contributed by atoms with E-state index in [1.54, 1.807) is 24.3 Å². The van der Waals surface area contributed by atoms with Gasteiger partial charge in [-0.2, -0.15) is 0 Å². The molecule has 1 heterocycles. The number of hydrogen-bond acceptors (Lipinski definition) is 3. The first-order valence-corrected chi connectivity index (χ1v) is 8.36. The van der Waals surface area contributed by atoms with Crippen LogP contribution in [0.3, 0.4) is 0 Å². The highest BCUT2D eigenvalue weighted by Gasteiger charge is 2.11. The van der Waals surface area contributed by atoms with Gasteiger partial charge < -0.3 is 10.2 Å². The Bertz CT molecular complexity index is 1020. The molecule has 0 fully saturated rings. The number of hydrogen-bond donors (Lipinski definition) is 2. The molecule has 0 atom stereocenters. The van der Waals surface area contributed by atoms with Crippen molar-refractivity contribution in [2.75, 3.05) is 0 Å². The fourth-order valence-electron chi connectivity index (χ4n) is 2.94. The zero-order valence-corrected chi connectivity index (χ0v) is 14.0. The molecule has 26 heavy (non-hydrogen) atoms. The lowest BCUT2D eigenvalue weighted by Crippen LogP contribution is -1.92. The fraction of sp³-hybridized carbons (Fsp3) is 0. The van der Waals surface area contributed by atoms with Gasteiger partial charge in [0.15, 0.2) is 0 Å². The molecule has 0 aliphatic heterocycles. The molecular formula is C23H17NO2. The molecule has 0 unspecified atom stereocenters. The maximum atomic E-state index is 9.60. The largest absolute Gasteiger partial charge is 0.508 e. The Hall–Kier alpha value is -3.59. The zero-order valence-electron chi connectivity index (χ0n) is 14.0. The third kappa shape index (κ3) is 3.15. The zero-order chi connectivity index (χ0) is 17.9. The van der Waals surface area contributed by atoms with Crippen molar-refractivity contribution in [1.82, 2.24) is 4.98 Å². The first-order valence-electron chi connectivity index (χ1n) is 8.36. The van der Waals surface area contributed by atoms with E-state index in [1.807, 2.05) is 48.5 Å². The second-order valence-corrected chi connectivity index (χ2v) is 6.05. The number of pyridine rings is 1. The standard InChI is InChI=1S/C23H17NO2/c25-19-10-6-17(7-11-19)22-15-14-21(16-4-2-1-3-5-16)23(24-22)18-8-12-20(26)13-9-18/h1-15,25-26H. The van der Waals surface area contributed by atoms with Gasteiger partial charge >= 0.3 is 0 Å². The van der Waals surface area contributed by atoms with Gasteiger partial charge in [0.25, 0.3) is 0 Å². The van der Waals surface area contributed by atoms with Crippen molar-refractivity contribution in [1.29, 1.82) is 0 Å². The van der Waals surface area contributed by atoms with Gasteiger partial charge in [-0.1, -0.05) is 36.4 Å². The minimum absolute atomic E-state index is 0.227. The topological polar surface area (TPSA) is 53.4 Å². The third-order valence-corrected chi connectivity index (χ3v) is 4.28. The van der Waals surface area contributed by atoms with E-state index < -0.39 is 0 Å². The quantitative estimate of drug-likeness (QED) is 0.518. The molecule has 0 aliphatic carbocycles. The van der Waals surface area contributed by atoms with E-state index in [-0.39, 0.29) is 11.5 Å². The molecule has 3 heteroatoms. The monoisotopic (exact) mass is 339 g/mol. The van der Waals surface area contributed by atoms with Crippen molar-refractivity contribution in [3.63, 3.8) is 0 Å². The Labute approximate surface area is 151 Å². The van der Waals surface area contributed by atoms with Gasteiger partial charge in [-0.15, -0.1) is 0 Å². The first-order chi connectivity index (χ1) is 12.7. The molecule has 0 bridgehead atoms. The van der Waals surface area contributed by atoms with Crippen molar-refractivity contribution < 1.29 is 10.2 Å². The summed E-state index contributed by atoms with van der Waals surface area (Å²) in [4.78, 5) is 4.89. The van der Waals surface area contributed by atoms with E-state index >= 15 is 0 Å². The SMILES string of the molecule is Oc1ccc(-c2ccc(-c3ccccc3)c(-c3ccc(O)cc3)n2)cc1. The van der Waals surface area contributed by atoms with Gasteiger partial charge in [-0.3, -0.25) is 0 Å². The van der Waals surface area contributed by atoms with E-state index in [1.165, 1.54) is 0 Å². The summed E-state index contributed by atoms with van der Waals surface area (Å²) in [7, 11) is 0. The molecular weight excluding hydrogens is 322 g/mol. The highest BCUT2D eigenvalue weighted by Crippen LogP contribution is 2.33. The van der Waals surface area contributed by atoms with Crippen LogP contribution in [0, 0.1) is 0 Å². The number of benzene rings is 3. The molecule has 1 aromatic heterocycles. The molecule has 0 aliphatic rings. The fourth-order valence-corrected chi connectivity index (χ4v) is 2.94. The summed E-state index contributed by atoms with van der Waals surface area (Å²) >= 11 is 0. The Morgan fingerprint density at radius 1 is 0.500 bits per heavy atom. The molecule has 3 nitrogen and oxygen atoms in total. The van der Waals surface area contributed by atoms with E-state index in [0.29, 0.717) is 0 Å². The summed E-state index contributed by atoms with van der Waals surface area (Å²) in [5.41, 5.74) is 5.65. The first kappa shape index (κ1) is 15.9. The van der Waals surface area contributed by atoms with Crippen molar-refractivity contribution in [2.45, 2.75) is 0 Å². The van der Waals surface area contributed by atoms with Crippen LogP contribution in [0.15, 0.2) is 91.0 Å². The van der Waals surface area contributed by atoms with Crippen LogP contribution in [0.4, 0.5) is 0 Å². The predicted molar refractivity (Wildman–Crippen MR) is 104 cm³/mol. The maximum absolute atomic E-state index is 9.60. The maximum Gasteiger partial charge on any atom is 0.115 e. The van der Waals surface area contributed by atoms with Crippen LogP contribution in [0.5, 0.6) is 11.5 Å². The Morgan fingerprint density at radius 2 is 1.08 bits per heavy atom. The van der Waals surface area contributed by atoms with Crippen LogP contribution < -0.4 is 0 Å². The van der Waals surface area contributed by atoms with Gasteiger partial charge in [-0.05, 0) is 60.2 Å². The Kier molecular flexibility index (Phi) is 4.12. The van der Waals surface area contributed by atoms with Crippen molar-refractivity contribution >= 4 is 0 Å². The third-order valence-electron chi connectivity index (χ3n) is 4.28. The van der Waals surface area contributed by atoms with Crippen LogP contribution in [0.1, 0.15) is 0 Å². The molecule has 0 spiro atoms. The van der Waals surface area contributed by atoms with E-state index in [2.05, 4.69) is 18.2 Å². The molecule has 0 saturated heterocycles. The van der Waals surface area contributed by atoms with Crippen LogP contribution >= 0.6 is 0 Å². The molecule has 2 N–H and O–H groups in total. The lowest BCUT2D eigenvalue weighted by Gasteiger charge is -2.12. The molecule has 4 rings (SSSR count). The van der Waals surface area contributed by atoms with Crippen LogP contribution in [-0.2, 0) is 0 Å². The number of rotatable bonds is 3. The normalized spacial score (nSPS) is 10.6. The van der Waals surface area contributed by atoms with Gasteiger partial charge in [0.1, 0.15) is 11.5 Å². The highest BCUT2D eigenvalue weighted by molar-refractivity contribution is 5.83. The minimum Gasteiger partial charge on any atom is -0.508 e. The molecule has 0 amide bonds. The van der Waals surface area contributed by atoms with Crippen LogP contribution in [0.25, 0.3) is 33.6 Å². The molecule has 4 aromatic rings. The van der Waals surface area contributed by atoms with Gasteiger partial charge in [0, 0.05) is 16.7 Å². The lowest BCUT2D eigenvalue weighted by molar-refractivity contribution is 0.475. The van der Waals surface area contributed by atoms with E-state index in [0.717, 1.165) is 33.6 Å². The minimum atomic E-state index is 0.227.